The molecule has 0 spiro atoms. The molecule has 2 atom stereocenters. The van der Waals surface area contributed by atoms with Gasteiger partial charge in [-0.3, -0.25) is 14.4 Å². The quantitative estimate of drug-likeness (QED) is 0.815. The van der Waals surface area contributed by atoms with Gasteiger partial charge >= 0.3 is 0 Å². The van der Waals surface area contributed by atoms with Crippen molar-refractivity contribution in [3.8, 4) is 6.07 Å². The van der Waals surface area contributed by atoms with E-state index in [1.807, 2.05) is 13.0 Å². The van der Waals surface area contributed by atoms with E-state index in [0.717, 1.165) is 19.3 Å². The second-order valence-corrected chi connectivity index (χ2v) is 7.09. The summed E-state index contributed by atoms with van der Waals surface area (Å²) < 4.78 is 0. The summed E-state index contributed by atoms with van der Waals surface area (Å²) in [7, 11) is 0. The topological polar surface area (TPSA) is 102 Å². The molecule has 0 bridgehead atoms. The molecule has 1 aliphatic heterocycles. The molecule has 7 nitrogen and oxygen atoms in total. The molecule has 3 amide bonds. The van der Waals surface area contributed by atoms with Crippen LogP contribution in [0.4, 0.5) is 0 Å². The first kappa shape index (κ1) is 18.9. The van der Waals surface area contributed by atoms with Crippen molar-refractivity contribution >= 4 is 17.7 Å². The molecule has 0 unspecified atom stereocenters. The standard InChI is InChI=1S/C20H24N4O3/c1-2-22-19(26)17-10-15(12-24(17)20(27)13-7-5-8-13)23-18(25)16-9-4-3-6-14(16)11-21/h3-4,6,9,13,15,17H,2,5,7-8,10,12H2,1H3,(H,22,26)(H,23,25)/t15-,17-/m0/s1. The molecule has 27 heavy (non-hydrogen) atoms. The summed E-state index contributed by atoms with van der Waals surface area (Å²) in [6, 6.07) is 7.73. The Morgan fingerprint density at radius 1 is 1.26 bits per heavy atom. The Balaban J connectivity index is 1.72. The lowest BCUT2D eigenvalue weighted by atomic mass is 9.84. The lowest BCUT2D eigenvalue weighted by Crippen LogP contribution is -2.49. The van der Waals surface area contributed by atoms with Gasteiger partial charge in [-0.15, -0.1) is 0 Å². The van der Waals surface area contributed by atoms with Crippen molar-refractivity contribution in [3.05, 3.63) is 35.4 Å². The van der Waals surface area contributed by atoms with Gasteiger partial charge in [0.05, 0.1) is 17.2 Å². The van der Waals surface area contributed by atoms with Crippen LogP contribution in [0.2, 0.25) is 0 Å². The molecule has 2 aliphatic rings. The van der Waals surface area contributed by atoms with Crippen LogP contribution in [0.25, 0.3) is 0 Å². The number of benzene rings is 1. The van der Waals surface area contributed by atoms with E-state index in [1.165, 1.54) is 0 Å². The third-order valence-electron chi connectivity index (χ3n) is 5.32. The number of rotatable bonds is 5. The van der Waals surface area contributed by atoms with Crippen molar-refractivity contribution in [1.29, 1.82) is 5.26 Å². The molecule has 1 heterocycles. The highest BCUT2D eigenvalue weighted by Gasteiger charge is 2.43. The third-order valence-corrected chi connectivity index (χ3v) is 5.32. The Labute approximate surface area is 158 Å². The van der Waals surface area contributed by atoms with Gasteiger partial charge in [-0.2, -0.15) is 5.26 Å². The van der Waals surface area contributed by atoms with Crippen molar-refractivity contribution in [2.24, 2.45) is 5.92 Å². The molecule has 0 radical (unpaired) electrons. The summed E-state index contributed by atoms with van der Waals surface area (Å²) in [4.78, 5) is 39.4. The molecule has 1 aromatic carbocycles. The highest BCUT2D eigenvalue weighted by molar-refractivity contribution is 5.97. The Hall–Kier alpha value is -2.88. The van der Waals surface area contributed by atoms with Gasteiger partial charge in [-0.1, -0.05) is 18.6 Å². The first-order valence-electron chi connectivity index (χ1n) is 9.43. The van der Waals surface area contributed by atoms with Crippen LogP contribution in [0, 0.1) is 17.2 Å². The SMILES string of the molecule is CCNC(=O)[C@@H]1C[C@H](NC(=O)c2ccccc2C#N)CN1C(=O)C1CCC1. The fourth-order valence-electron chi connectivity index (χ4n) is 3.66. The van der Waals surface area contributed by atoms with Gasteiger partial charge in [0.1, 0.15) is 6.04 Å². The normalized spacial score (nSPS) is 21.9. The number of carbonyl (C=O) groups is 3. The monoisotopic (exact) mass is 368 g/mol. The first-order chi connectivity index (χ1) is 13.0. The molecule has 1 aliphatic carbocycles. The zero-order chi connectivity index (χ0) is 19.4. The van der Waals surface area contributed by atoms with E-state index in [1.54, 1.807) is 29.2 Å². The number of nitrogens with zero attached hydrogens (tertiary/aromatic N) is 2. The molecular weight excluding hydrogens is 344 g/mol. The van der Waals surface area contributed by atoms with Gasteiger partial charge in [-0.25, -0.2) is 0 Å². The Morgan fingerprint density at radius 3 is 2.63 bits per heavy atom. The zero-order valence-electron chi connectivity index (χ0n) is 15.4. The molecular formula is C20H24N4O3. The van der Waals surface area contributed by atoms with Crippen LogP contribution >= 0.6 is 0 Å². The van der Waals surface area contributed by atoms with Crippen molar-refractivity contribution < 1.29 is 14.4 Å². The van der Waals surface area contributed by atoms with Crippen LogP contribution in [0.15, 0.2) is 24.3 Å². The predicted octanol–water partition coefficient (Wildman–Crippen LogP) is 1.19. The molecule has 1 aromatic rings. The largest absolute Gasteiger partial charge is 0.355 e. The first-order valence-corrected chi connectivity index (χ1v) is 9.43. The maximum absolute atomic E-state index is 12.7. The molecule has 142 valence electrons. The number of carbonyl (C=O) groups excluding carboxylic acids is 3. The molecule has 2 fully saturated rings. The van der Waals surface area contributed by atoms with Gasteiger partial charge in [-0.05, 0) is 38.3 Å². The molecule has 0 aromatic heterocycles. The van der Waals surface area contributed by atoms with Crippen LogP contribution in [0.5, 0.6) is 0 Å². The van der Waals surface area contributed by atoms with Crippen LogP contribution in [0.1, 0.15) is 48.5 Å². The number of likely N-dealkylation sites (N-methyl/N-ethyl adjacent to an activating group) is 1. The number of nitrogens with one attached hydrogen (secondary N) is 2. The van der Waals surface area contributed by atoms with Crippen LogP contribution in [0.3, 0.4) is 0 Å². The predicted molar refractivity (Wildman–Crippen MR) is 98.6 cm³/mol. The van der Waals surface area contributed by atoms with Gasteiger partial charge in [0, 0.05) is 25.0 Å². The summed E-state index contributed by atoms with van der Waals surface area (Å²) in [6.45, 7) is 2.65. The van der Waals surface area contributed by atoms with Gasteiger partial charge in [0.25, 0.3) is 5.91 Å². The fourth-order valence-corrected chi connectivity index (χ4v) is 3.66. The van der Waals surface area contributed by atoms with Crippen LogP contribution < -0.4 is 10.6 Å². The lowest BCUT2D eigenvalue weighted by molar-refractivity contribution is -0.143. The molecule has 7 heteroatoms. The van der Waals surface area contributed by atoms with Crippen LogP contribution in [-0.2, 0) is 9.59 Å². The minimum absolute atomic E-state index is 0.00399. The number of hydrogen-bond acceptors (Lipinski definition) is 4. The van der Waals surface area contributed by atoms with E-state index in [-0.39, 0.29) is 29.7 Å². The number of nitriles is 1. The highest BCUT2D eigenvalue weighted by Crippen LogP contribution is 2.31. The summed E-state index contributed by atoms with van der Waals surface area (Å²) in [5, 5.41) is 14.9. The molecule has 2 N–H and O–H groups in total. The molecule has 3 rings (SSSR count). The molecule has 1 saturated carbocycles. The van der Waals surface area contributed by atoms with Crippen molar-refractivity contribution in [2.45, 2.75) is 44.7 Å². The van der Waals surface area contributed by atoms with E-state index in [4.69, 9.17) is 0 Å². The summed E-state index contributed by atoms with van der Waals surface area (Å²) >= 11 is 0. The number of hydrogen-bond donors (Lipinski definition) is 2. The van der Waals surface area contributed by atoms with Gasteiger partial charge < -0.3 is 15.5 Å². The average Bonchev–Trinajstić information content (AvgIpc) is 3.04. The van der Waals surface area contributed by atoms with E-state index >= 15 is 0 Å². The van der Waals surface area contributed by atoms with Crippen molar-refractivity contribution in [1.82, 2.24) is 15.5 Å². The second kappa shape index (κ2) is 8.21. The maximum Gasteiger partial charge on any atom is 0.252 e. The van der Waals surface area contributed by atoms with Crippen molar-refractivity contribution in [3.63, 3.8) is 0 Å². The lowest BCUT2D eigenvalue weighted by Gasteiger charge is -2.32. The smallest absolute Gasteiger partial charge is 0.252 e. The minimum Gasteiger partial charge on any atom is -0.355 e. The number of likely N-dealkylation sites (tertiary alicyclic amines) is 1. The third kappa shape index (κ3) is 3.95. The van der Waals surface area contributed by atoms with Gasteiger partial charge in [0.2, 0.25) is 11.8 Å². The minimum atomic E-state index is -0.561. The zero-order valence-corrected chi connectivity index (χ0v) is 15.4. The van der Waals surface area contributed by atoms with E-state index < -0.39 is 6.04 Å². The Kier molecular flexibility index (Phi) is 5.75. The van der Waals surface area contributed by atoms with Crippen LogP contribution in [-0.4, -0.2) is 47.8 Å². The highest BCUT2D eigenvalue weighted by atomic mass is 16.2. The molecule has 1 saturated heterocycles. The van der Waals surface area contributed by atoms with E-state index in [2.05, 4.69) is 10.6 Å². The fraction of sp³-hybridized carbons (Fsp3) is 0.500. The number of amides is 3. The van der Waals surface area contributed by atoms with Crippen molar-refractivity contribution in [2.75, 3.05) is 13.1 Å². The summed E-state index contributed by atoms with van der Waals surface area (Å²) in [5.41, 5.74) is 0.606. The summed E-state index contributed by atoms with van der Waals surface area (Å²) in [5.74, 6) is -0.536. The van der Waals surface area contributed by atoms with E-state index in [0.29, 0.717) is 30.6 Å². The summed E-state index contributed by atoms with van der Waals surface area (Å²) in [6.07, 6.45) is 3.15. The maximum atomic E-state index is 12.7. The Morgan fingerprint density at radius 2 is 2.00 bits per heavy atom. The second-order valence-electron chi connectivity index (χ2n) is 7.09. The average molecular weight is 368 g/mol. The van der Waals surface area contributed by atoms with E-state index in [9.17, 15) is 19.6 Å². The van der Waals surface area contributed by atoms with Gasteiger partial charge in [0.15, 0.2) is 0 Å². The Bertz CT molecular complexity index is 782.